The smallest absolute Gasteiger partial charge is 0.130 e. The van der Waals surface area contributed by atoms with Crippen molar-refractivity contribution in [3.8, 4) is 28.4 Å². The van der Waals surface area contributed by atoms with Crippen LogP contribution < -0.4 is 4.74 Å². The van der Waals surface area contributed by atoms with Crippen LogP contribution in [0.4, 0.5) is 0 Å². The monoisotopic (exact) mass is 392 g/mol. The molecule has 5 aromatic carbocycles. The van der Waals surface area contributed by atoms with Gasteiger partial charge >= 0.3 is 0 Å². The zero-order valence-electron chi connectivity index (χ0n) is 16.2. The van der Waals surface area contributed by atoms with E-state index in [1.165, 1.54) is 0 Å². The Bertz CT molecular complexity index is 1360. The lowest BCUT2D eigenvalue weighted by Crippen LogP contribution is -1.98. The molecule has 0 unspecified atom stereocenters. The van der Waals surface area contributed by atoms with Gasteiger partial charge in [0.1, 0.15) is 23.9 Å². The molecule has 0 saturated carbocycles. The van der Waals surface area contributed by atoms with Gasteiger partial charge in [0.2, 0.25) is 0 Å². The van der Waals surface area contributed by atoms with Crippen LogP contribution >= 0.6 is 0 Å². The molecule has 30 heavy (non-hydrogen) atoms. The van der Waals surface area contributed by atoms with Crippen LogP contribution in [0.3, 0.4) is 0 Å². The number of hydrogen-bond acceptors (Lipinski definition) is 3. The van der Waals surface area contributed by atoms with Crippen molar-refractivity contribution in [3.05, 3.63) is 103 Å². The summed E-state index contributed by atoms with van der Waals surface area (Å²) in [5.41, 5.74) is 1.91. The summed E-state index contributed by atoms with van der Waals surface area (Å²) in [6, 6.07) is 30.8. The number of phenols is 2. The van der Waals surface area contributed by atoms with Gasteiger partial charge in [-0.05, 0) is 45.8 Å². The van der Waals surface area contributed by atoms with Gasteiger partial charge in [0.15, 0.2) is 0 Å². The summed E-state index contributed by atoms with van der Waals surface area (Å²) in [4.78, 5) is 0. The second kappa shape index (κ2) is 7.45. The van der Waals surface area contributed by atoms with E-state index in [4.69, 9.17) is 4.74 Å². The normalized spacial score (nSPS) is 11.1. The first-order chi connectivity index (χ1) is 14.7. The van der Waals surface area contributed by atoms with E-state index in [1.54, 1.807) is 6.07 Å². The van der Waals surface area contributed by atoms with Crippen molar-refractivity contribution in [1.82, 2.24) is 0 Å². The van der Waals surface area contributed by atoms with Crippen molar-refractivity contribution in [3.63, 3.8) is 0 Å². The van der Waals surface area contributed by atoms with Crippen LogP contribution in [0.5, 0.6) is 17.2 Å². The third kappa shape index (κ3) is 3.11. The van der Waals surface area contributed by atoms with Crippen LogP contribution in [-0.4, -0.2) is 10.2 Å². The quantitative estimate of drug-likeness (QED) is 0.360. The maximum atomic E-state index is 11.3. The first kappa shape index (κ1) is 18.1. The summed E-state index contributed by atoms with van der Waals surface area (Å²) in [7, 11) is 0. The van der Waals surface area contributed by atoms with Crippen LogP contribution in [0.1, 0.15) is 5.56 Å². The molecule has 0 saturated heterocycles. The topological polar surface area (TPSA) is 49.7 Å². The molecule has 3 nitrogen and oxygen atoms in total. The highest BCUT2D eigenvalue weighted by Gasteiger charge is 2.19. The van der Waals surface area contributed by atoms with Crippen LogP contribution in [0.15, 0.2) is 97.1 Å². The minimum atomic E-state index is 0.122. The van der Waals surface area contributed by atoms with E-state index in [2.05, 4.69) is 0 Å². The van der Waals surface area contributed by atoms with Gasteiger partial charge in [-0.3, -0.25) is 0 Å². The Morgan fingerprint density at radius 2 is 1.23 bits per heavy atom. The van der Waals surface area contributed by atoms with Crippen molar-refractivity contribution in [1.29, 1.82) is 0 Å². The van der Waals surface area contributed by atoms with Crippen LogP contribution in [0.2, 0.25) is 0 Å². The summed E-state index contributed by atoms with van der Waals surface area (Å²) in [6.45, 7) is 0.221. The molecule has 5 aromatic rings. The van der Waals surface area contributed by atoms with E-state index in [0.29, 0.717) is 16.7 Å². The van der Waals surface area contributed by atoms with Gasteiger partial charge in [-0.2, -0.15) is 0 Å². The van der Waals surface area contributed by atoms with Gasteiger partial charge in [0.05, 0.1) is 0 Å². The first-order valence-electron chi connectivity index (χ1n) is 9.85. The number of phenolic OH excluding ortho intramolecular Hbond substituents is 2. The Morgan fingerprint density at radius 1 is 0.600 bits per heavy atom. The molecule has 0 heterocycles. The Hall–Kier alpha value is -3.98. The number of hydrogen-bond donors (Lipinski definition) is 2. The van der Waals surface area contributed by atoms with Gasteiger partial charge in [-0.25, -0.2) is 0 Å². The van der Waals surface area contributed by atoms with Crippen molar-refractivity contribution >= 4 is 21.5 Å². The summed E-state index contributed by atoms with van der Waals surface area (Å²) >= 11 is 0. The summed E-state index contributed by atoms with van der Waals surface area (Å²) in [5, 5.41) is 25.9. The SMILES string of the molecule is Oc1ccc2ccccc2c1-c1c(O)c(COc2ccccc2)cc2ccccc12. The second-order valence-corrected chi connectivity index (χ2v) is 7.26. The lowest BCUT2D eigenvalue weighted by molar-refractivity contribution is 0.299. The number of benzene rings is 5. The molecule has 0 atom stereocenters. The highest BCUT2D eigenvalue weighted by molar-refractivity contribution is 6.10. The Balaban J connectivity index is 1.74. The van der Waals surface area contributed by atoms with E-state index >= 15 is 0 Å². The molecule has 5 rings (SSSR count). The molecule has 0 amide bonds. The molecule has 0 aliphatic heterocycles. The Morgan fingerprint density at radius 3 is 2.00 bits per heavy atom. The highest BCUT2D eigenvalue weighted by Crippen LogP contribution is 2.46. The fraction of sp³-hybridized carbons (Fsp3) is 0.0370. The molecule has 0 fully saturated rings. The number of fused-ring (bicyclic) bond motifs is 2. The predicted octanol–water partition coefficient (Wildman–Crippen LogP) is 6.65. The van der Waals surface area contributed by atoms with E-state index in [0.717, 1.165) is 27.3 Å². The molecule has 0 radical (unpaired) electrons. The fourth-order valence-electron chi connectivity index (χ4n) is 3.96. The number of ether oxygens (including phenoxy) is 1. The van der Waals surface area contributed by atoms with Crippen molar-refractivity contribution in [2.45, 2.75) is 6.61 Å². The zero-order valence-corrected chi connectivity index (χ0v) is 16.2. The minimum Gasteiger partial charge on any atom is -0.507 e. The number of rotatable bonds is 4. The predicted molar refractivity (Wildman–Crippen MR) is 121 cm³/mol. The highest BCUT2D eigenvalue weighted by atomic mass is 16.5. The molecule has 2 N–H and O–H groups in total. The molecule has 0 spiro atoms. The van der Waals surface area contributed by atoms with Crippen molar-refractivity contribution in [2.75, 3.05) is 0 Å². The third-order valence-corrected chi connectivity index (χ3v) is 5.40. The third-order valence-electron chi connectivity index (χ3n) is 5.40. The number of para-hydroxylation sites is 1. The molecular weight excluding hydrogens is 372 g/mol. The molecule has 3 heteroatoms. The minimum absolute atomic E-state index is 0.122. The Labute approximate surface area is 174 Å². The summed E-state index contributed by atoms with van der Waals surface area (Å²) in [6.07, 6.45) is 0. The van der Waals surface area contributed by atoms with E-state index < -0.39 is 0 Å². The van der Waals surface area contributed by atoms with Gasteiger partial charge in [0.25, 0.3) is 0 Å². The van der Waals surface area contributed by atoms with Gasteiger partial charge < -0.3 is 14.9 Å². The Kier molecular flexibility index (Phi) is 4.49. The average Bonchev–Trinajstić information content (AvgIpc) is 2.79. The van der Waals surface area contributed by atoms with E-state index in [9.17, 15) is 10.2 Å². The first-order valence-corrected chi connectivity index (χ1v) is 9.85. The summed E-state index contributed by atoms with van der Waals surface area (Å²) < 4.78 is 5.91. The largest absolute Gasteiger partial charge is 0.507 e. The lowest BCUT2D eigenvalue weighted by atomic mass is 9.90. The molecule has 0 bridgehead atoms. The maximum absolute atomic E-state index is 11.3. The van der Waals surface area contributed by atoms with Gasteiger partial charge in [0, 0.05) is 16.7 Å². The van der Waals surface area contributed by atoms with Gasteiger partial charge in [-0.15, -0.1) is 0 Å². The summed E-state index contributed by atoms with van der Waals surface area (Å²) in [5.74, 6) is 0.992. The maximum Gasteiger partial charge on any atom is 0.130 e. The van der Waals surface area contributed by atoms with Gasteiger partial charge in [-0.1, -0.05) is 72.8 Å². The molecule has 0 aliphatic rings. The molecular formula is C27H20O3. The van der Waals surface area contributed by atoms with Crippen LogP contribution in [0.25, 0.3) is 32.7 Å². The second-order valence-electron chi connectivity index (χ2n) is 7.26. The zero-order chi connectivity index (χ0) is 20.5. The molecule has 0 aromatic heterocycles. The fourth-order valence-corrected chi connectivity index (χ4v) is 3.96. The van der Waals surface area contributed by atoms with Crippen molar-refractivity contribution in [2.24, 2.45) is 0 Å². The number of aromatic hydroxyl groups is 2. The lowest BCUT2D eigenvalue weighted by Gasteiger charge is -2.17. The molecule has 146 valence electrons. The van der Waals surface area contributed by atoms with E-state index in [-0.39, 0.29) is 18.1 Å². The average molecular weight is 392 g/mol. The molecule has 0 aliphatic carbocycles. The van der Waals surface area contributed by atoms with Crippen LogP contribution in [0, 0.1) is 0 Å². The van der Waals surface area contributed by atoms with Crippen molar-refractivity contribution < 1.29 is 14.9 Å². The standard InChI is InChI=1S/C27H20O3/c28-24-15-14-18-8-4-6-12-22(18)25(24)26-23-13-7-5-9-19(23)16-20(27(26)29)17-30-21-10-2-1-3-11-21/h1-16,28-29H,17H2. The van der Waals surface area contributed by atoms with Crippen LogP contribution in [-0.2, 0) is 6.61 Å². The van der Waals surface area contributed by atoms with E-state index in [1.807, 2.05) is 91.0 Å².